The number of nitrogens with one attached hydrogen (secondary N) is 2. The van der Waals surface area contributed by atoms with Crippen molar-refractivity contribution in [3.8, 4) is 0 Å². The van der Waals surface area contributed by atoms with Crippen molar-refractivity contribution < 1.29 is 18.0 Å². The maximum Gasteiger partial charge on any atom is 0.263 e. The molecule has 0 aromatic heterocycles. The number of hydrazine groups is 1. The maximum atomic E-state index is 12.3. The van der Waals surface area contributed by atoms with Gasteiger partial charge in [-0.3, -0.25) is 15.0 Å². The molecular weight excluding hydrogens is 390 g/mol. The Bertz CT molecular complexity index is 1030. The van der Waals surface area contributed by atoms with Crippen LogP contribution in [0.25, 0.3) is 0 Å². The number of ketones is 1. The number of carbonyl (C=O) groups is 2. The zero-order valence-electron chi connectivity index (χ0n) is 15.6. The van der Waals surface area contributed by atoms with Crippen molar-refractivity contribution in [3.63, 3.8) is 0 Å². The highest BCUT2D eigenvalue weighted by Gasteiger charge is 2.19. The summed E-state index contributed by atoms with van der Waals surface area (Å²) in [6, 6.07) is 17.6. The summed E-state index contributed by atoms with van der Waals surface area (Å²) in [5.74, 6) is -0.881. The number of nitrogens with zero attached hydrogens (tertiary/aromatic N) is 1. The zero-order chi connectivity index (χ0) is 20.7. The van der Waals surface area contributed by atoms with Gasteiger partial charge in [0.15, 0.2) is 5.78 Å². The van der Waals surface area contributed by atoms with Crippen LogP contribution in [0.5, 0.6) is 0 Å². The topological polar surface area (TPSA) is 95.6 Å². The molecule has 7 nitrogen and oxygen atoms in total. The number of hydrogen-bond acceptors (Lipinski definition) is 5. The first-order valence-corrected chi connectivity index (χ1v) is 10.6. The van der Waals surface area contributed by atoms with Crippen molar-refractivity contribution in [1.29, 1.82) is 0 Å². The largest absolute Gasteiger partial charge is 0.365 e. The molecule has 0 bridgehead atoms. The average molecular weight is 411 g/mol. The summed E-state index contributed by atoms with van der Waals surface area (Å²) in [6.45, 7) is 0.312. The summed E-state index contributed by atoms with van der Waals surface area (Å²) in [4.78, 5) is 28.5. The lowest BCUT2D eigenvalue weighted by molar-refractivity contribution is -0.118. The lowest BCUT2D eigenvalue weighted by atomic mass is 10.1. The minimum absolute atomic E-state index is 0.0690. The summed E-state index contributed by atoms with van der Waals surface area (Å²) in [5, 5.41) is 0. The van der Waals surface area contributed by atoms with Crippen molar-refractivity contribution in [2.75, 3.05) is 13.1 Å². The molecule has 0 aliphatic carbocycles. The van der Waals surface area contributed by atoms with Crippen LogP contribution in [0.4, 0.5) is 0 Å². The van der Waals surface area contributed by atoms with Crippen LogP contribution in [0.2, 0.25) is 0 Å². The second-order valence-corrected chi connectivity index (χ2v) is 8.25. The molecule has 2 aromatic rings. The molecule has 0 fully saturated rings. The molecule has 0 atom stereocenters. The number of rotatable bonds is 8. The van der Waals surface area contributed by atoms with Crippen LogP contribution in [0.1, 0.15) is 15.9 Å². The number of benzene rings is 2. The lowest BCUT2D eigenvalue weighted by Crippen LogP contribution is -2.44. The minimum atomic E-state index is -3.73. The fourth-order valence-electron chi connectivity index (χ4n) is 2.80. The van der Waals surface area contributed by atoms with Gasteiger partial charge in [0, 0.05) is 17.7 Å². The van der Waals surface area contributed by atoms with E-state index < -0.39 is 15.9 Å². The Morgan fingerprint density at radius 1 is 0.966 bits per heavy atom. The molecule has 2 aromatic carbocycles. The van der Waals surface area contributed by atoms with E-state index in [1.807, 2.05) is 6.07 Å². The Balaban J connectivity index is 1.52. The van der Waals surface area contributed by atoms with Crippen LogP contribution in [0.3, 0.4) is 0 Å². The molecule has 1 amide bonds. The van der Waals surface area contributed by atoms with Gasteiger partial charge in [0.2, 0.25) is 10.0 Å². The standard InChI is InChI=1S/C21H21N3O4S/c25-20(18-10-5-2-6-11-18)15-24-13-7-12-19(14-24)21(26)22-23-29(27,28)16-17-8-3-1-4-9-17/h1-13,23H,14-16H2,(H,22,26). The predicted octanol–water partition coefficient (Wildman–Crippen LogP) is 1.78. The van der Waals surface area contributed by atoms with Gasteiger partial charge in [-0.2, -0.15) is 0 Å². The molecule has 1 aliphatic heterocycles. The molecule has 1 aliphatic rings. The molecule has 0 saturated carbocycles. The van der Waals surface area contributed by atoms with Gasteiger partial charge >= 0.3 is 0 Å². The highest BCUT2D eigenvalue weighted by atomic mass is 32.2. The van der Waals surface area contributed by atoms with Gasteiger partial charge in [-0.25, -0.2) is 8.42 Å². The van der Waals surface area contributed by atoms with E-state index >= 15 is 0 Å². The van der Waals surface area contributed by atoms with Crippen molar-refractivity contribution in [2.24, 2.45) is 0 Å². The number of sulfonamides is 1. The zero-order valence-corrected chi connectivity index (χ0v) is 16.4. The van der Waals surface area contributed by atoms with E-state index in [2.05, 4.69) is 10.3 Å². The van der Waals surface area contributed by atoms with Crippen LogP contribution in [-0.2, 0) is 20.6 Å². The molecule has 0 radical (unpaired) electrons. The number of Topliss-reactive ketones (excluding diaryl/α,β-unsaturated/α-hetero) is 1. The van der Waals surface area contributed by atoms with Crippen LogP contribution in [0, 0.1) is 0 Å². The molecule has 0 spiro atoms. The maximum absolute atomic E-state index is 12.3. The highest BCUT2D eigenvalue weighted by molar-refractivity contribution is 7.88. The first kappa shape index (κ1) is 20.5. The fourth-order valence-corrected chi connectivity index (χ4v) is 3.75. The third kappa shape index (κ3) is 6.13. The van der Waals surface area contributed by atoms with E-state index in [9.17, 15) is 18.0 Å². The quantitative estimate of drug-likeness (QED) is 0.510. The van der Waals surface area contributed by atoms with Gasteiger partial charge in [0.25, 0.3) is 5.91 Å². The van der Waals surface area contributed by atoms with Gasteiger partial charge in [0.05, 0.1) is 12.3 Å². The van der Waals surface area contributed by atoms with Crippen LogP contribution in [0.15, 0.2) is 84.6 Å². The fraction of sp³-hybridized carbons (Fsp3) is 0.143. The minimum Gasteiger partial charge on any atom is -0.365 e. The number of amides is 1. The van der Waals surface area contributed by atoms with E-state index in [0.717, 1.165) is 0 Å². The molecule has 3 rings (SSSR count). The van der Waals surface area contributed by atoms with Crippen LogP contribution < -0.4 is 10.3 Å². The third-order valence-corrected chi connectivity index (χ3v) is 5.35. The first-order valence-electron chi connectivity index (χ1n) is 8.96. The summed E-state index contributed by atoms with van der Waals surface area (Å²) in [5.41, 5.74) is 3.77. The average Bonchev–Trinajstić information content (AvgIpc) is 2.73. The molecule has 29 heavy (non-hydrogen) atoms. The van der Waals surface area contributed by atoms with Crippen LogP contribution in [-0.4, -0.2) is 38.1 Å². The summed E-state index contributed by atoms with van der Waals surface area (Å²) in [7, 11) is -3.73. The van der Waals surface area contributed by atoms with E-state index in [4.69, 9.17) is 0 Å². The SMILES string of the molecule is O=C(NNS(=O)(=O)Cc1ccccc1)C1=CC=CN(CC(=O)c2ccccc2)C1. The predicted molar refractivity (Wildman–Crippen MR) is 110 cm³/mol. The van der Waals surface area contributed by atoms with E-state index in [0.29, 0.717) is 16.7 Å². The Morgan fingerprint density at radius 3 is 2.31 bits per heavy atom. The van der Waals surface area contributed by atoms with Gasteiger partial charge in [-0.15, -0.1) is 4.83 Å². The van der Waals surface area contributed by atoms with E-state index in [-0.39, 0.29) is 24.6 Å². The molecule has 1 heterocycles. The van der Waals surface area contributed by atoms with E-state index in [1.54, 1.807) is 77.8 Å². The van der Waals surface area contributed by atoms with Crippen LogP contribution >= 0.6 is 0 Å². The summed E-state index contributed by atoms with van der Waals surface area (Å²) < 4.78 is 24.3. The lowest BCUT2D eigenvalue weighted by Gasteiger charge is -2.23. The van der Waals surface area contributed by atoms with Crippen molar-refractivity contribution in [2.45, 2.75) is 5.75 Å². The second kappa shape index (κ2) is 9.31. The molecule has 2 N–H and O–H groups in total. The van der Waals surface area contributed by atoms with Crippen molar-refractivity contribution in [3.05, 3.63) is 95.7 Å². The molecular formula is C21H21N3O4S. The highest BCUT2D eigenvalue weighted by Crippen LogP contribution is 2.10. The monoisotopic (exact) mass is 411 g/mol. The number of carbonyl (C=O) groups excluding carboxylic acids is 2. The van der Waals surface area contributed by atoms with Crippen molar-refractivity contribution in [1.82, 2.24) is 15.2 Å². The van der Waals surface area contributed by atoms with Gasteiger partial charge in [-0.05, 0) is 17.8 Å². The van der Waals surface area contributed by atoms with Gasteiger partial charge in [0.1, 0.15) is 0 Å². The number of hydrogen-bond donors (Lipinski definition) is 2. The van der Waals surface area contributed by atoms with Gasteiger partial charge in [-0.1, -0.05) is 66.7 Å². The molecule has 150 valence electrons. The smallest absolute Gasteiger partial charge is 0.263 e. The first-order chi connectivity index (χ1) is 13.9. The molecule has 0 saturated heterocycles. The Morgan fingerprint density at radius 2 is 1.62 bits per heavy atom. The summed E-state index contributed by atoms with van der Waals surface area (Å²) in [6.07, 6.45) is 4.96. The Labute approximate surface area is 169 Å². The Kier molecular flexibility index (Phi) is 6.58. The normalized spacial score (nSPS) is 13.7. The van der Waals surface area contributed by atoms with Gasteiger partial charge < -0.3 is 4.90 Å². The summed E-state index contributed by atoms with van der Waals surface area (Å²) >= 11 is 0. The van der Waals surface area contributed by atoms with Crippen molar-refractivity contribution >= 4 is 21.7 Å². The third-order valence-electron chi connectivity index (χ3n) is 4.22. The number of allylic oxidation sites excluding steroid dienone is 2. The van der Waals surface area contributed by atoms with E-state index in [1.165, 1.54) is 0 Å². The molecule has 0 unspecified atom stereocenters. The Hall–Kier alpha value is -3.23. The second-order valence-electron chi connectivity index (χ2n) is 6.53. The molecule has 8 heteroatoms.